The van der Waals surface area contributed by atoms with Crippen LogP contribution in [0.25, 0.3) is 0 Å². The molecule has 0 aliphatic rings. The molecule has 0 amide bonds. The number of hydrogen-bond acceptors (Lipinski definition) is 3. The van der Waals surface area contributed by atoms with E-state index in [1.54, 1.807) is 0 Å². The van der Waals surface area contributed by atoms with Gasteiger partial charge in [-0.25, -0.2) is 0 Å². The summed E-state index contributed by atoms with van der Waals surface area (Å²) >= 11 is 0. The number of carbonyl (C=O) groups excluding carboxylic acids is 1. The lowest BCUT2D eigenvalue weighted by Gasteiger charge is -2.32. The number of carbonyl (C=O) groups is 1. The van der Waals surface area contributed by atoms with Crippen molar-refractivity contribution >= 4 is 5.97 Å². The number of esters is 1. The fourth-order valence-corrected chi connectivity index (χ4v) is 2.06. The average molecular weight is 235 g/mol. The largest absolute Gasteiger partial charge is 0.466 e. The van der Waals surface area contributed by atoms with Gasteiger partial charge in [-0.3, -0.25) is 4.79 Å². The van der Waals surface area contributed by atoms with Crippen LogP contribution in [0.1, 0.15) is 32.3 Å². The third-order valence-corrected chi connectivity index (χ3v) is 3.16. The van der Waals surface area contributed by atoms with Gasteiger partial charge >= 0.3 is 5.97 Å². The van der Waals surface area contributed by atoms with E-state index in [1.165, 1.54) is 0 Å². The molecule has 0 heterocycles. The summed E-state index contributed by atoms with van der Waals surface area (Å²) in [7, 11) is 1.88. The monoisotopic (exact) mass is 235 g/mol. The summed E-state index contributed by atoms with van der Waals surface area (Å²) in [6.45, 7) is 4.33. The van der Waals surface area contributed by atoms with Gasteiger partial charge in [0.2, 0.25) is 0 Å². The fourth-order valence-electron chi connectivity index (χ4n) is 2.06. The number of rotatable bonds is 6. The van der Waals surface area contributed by atoms with Gasteiger partial charge in [0, 0.05) is 0 Å². The van der Waals surface area contributed by atoms with E-state index in [9.17, 15) is 4.79 Å². The molecule has 0 fully saturated rings. The van der Waals surface area contributed by atoms with Gasteiger partial charge in [-0.2, -0.15) is 0 Å². The Bertz CT molecular complexity index is 344. The van der Waals surface area contributed by atoms with E-state index in [0.717, 1.165) is 12.0 Å². The minimum atomic E-state index is -0.326. The molecule has 1 rings (SSSR count). The van der Waals surface area contributed by atoms with Crippen LogP contribution >= 0.6 is 0 Å². The minimum Gasteiger partial charge on any atom is -0.466 e. The van der Waals surface area contributed by atoms with Gasteiger partial charge < -0.3 is 10.1 Å². The fraction of sp³-hybridized carbons (Fsp3) is 0.500. The van der Waals surface area contributed by atoms with E-state index in [1.807, 2.05) is 44.3 Å². The normalized spacial score (nSPS) is 14.1. The molecule has 1 unspecified atom stereocenters. The van der Waals surface area contributed by atoms with Crippen molar-refractivity contribution in [3.05, 3.63) is 35.9 Å². The summed E-state index contributed by atoms with van der Waals surface area (Å²) in [5.74, 6) is -0.160. The van der Waals surface area contributed by atoms with Crippen molar-refractivity contribution in [3.8, 4) is 0 Å². The molecule has 17 heavy (non-hydrogen) atoms. The topological polar surface area (TPSA) is 38.3 Å². The van der Waals surface area contributed by atoms with Crippen LogP contribution < -0.4 is 5.32 Å². The van der Waals surface area contributed by atoms with Gasteiger partial charge in [0.15, 0.2) is 0 Å². The molecule has 1 aromatic rings. The second kappa shape index (κ2) is 6.40. The molecule has 94 valence electrons. The van der Waals surface area contributed by atoms with Crippen LogP contribution in [0.2, 0.25) is 0 Å². The third-order valence-electron chi connectivity index (χ3n) is 3.16. The van der Waals surface area contributed by atoms with Crippen LogP contribution in [0.5, 0.6) is 0 Å². The Labute approximate surface area is 103 Å². The molecular formula is C14H21NO2. The first-order valence-corrected chi connectivity index (χ1v) is 6.08. The molecule has 1 atom stereocenters. The summed E-state index contributed by atoms with van der Waals surface area (Å²) in [5.41, 5.74) is 0.797. The zero-order valence-electron chi connectivity index (χ0n) is 10.8. The van der Waals surface area contributed by atoms with Crippen molar-refractivity contribution in [1.29, 1.82) is 0 Å². The number of hydrogen-bond donors (Lipinski definition) is 1. The Balaban J connectivity index is 2.93. The van der Waals surface area contributed by atoms with Crippen molar-refractivity contribution in [2.45, 2.75) is 32.2 Å². The van der Waals surface area contributed by atoms with Crippen LogP contribution in [0.15, 0.2) is 30.3 Å². The third kappa shape index (κ3) is 3.30. The summed E-state index contributed by atoms with van der Waals surface area (Å²) in [6, 6.07) is 10.0. The average Bonchev–Trinajstić information content (AvgIpc) is 2.37. The molecule has 3 nitrogen and oxygen atoms in total. The highest BCUT2D eigenvalue weighted by Gasteiger charge is 2.31. The molecule has 0 saturated carbocycles. The molecule has 0 bridgehead atoms. The van der Waals surface area contributed by atoms with E-state index < -0.39 is 0 Å². The van der Waals surface area contributed by atoms with Crippen LogP contribution in [0.3, 0.4) is 0 Å². The SMILES string of the molecule is CCOC(=O)CC(CC)(NC)c1ccccc1. The van der Waals surface area contributed by atoms with Gasteiger partial charge in [0.05, 0.1) is 18.6 Å². The van der Waals surface area contributed by atoms with Crippen molar-refractivity contribution in [2.24, 2.45) is 0 Å². The second-order valence-electron chi connectivity index (χ2n) is 4.03. The molecule has 0 spiro atoms. The summed E-state index contributed by atoms with van der Waals surface area (Å²) in [5, 5.41) is 3.27. The lowest BCUT2D eigenvalue weighted by atomic mass is 9.84. The highest BCUT2D eigenvalue weighted by atomic mass is 16.5. The van der Waals surface area contributed by atoms with E-state index in [-0.39, 0.29) is 11.5 Å². The Morgan fingerprint density at radius 3 is 2.41 bits per heavy atom. The van der Waals surface area contributed by atoms with Gasteiger partial charge in [-0.05, 0) is 26.0 Å². The van der Waals surface area contributed by atoms with Crippen LogP contribution in [-0.2, 0) is 15.1 Å². The molecular weight excluding hydrogens is 214 g/mol. The highest BCUT2D eigenvalue weighted by molar-refractivity contribution is 5.71. The number of benzene rings is 1. The van der Waals surface area contributed by atoms with Crippen LogP contribution in [0.4, 0.5) is 0 Å². The van der Waals surface area contributed by atoms with Crippen molar-refractivity contribution in [1.82, 2.24) is 5.32 Å². The molecule has 0 aliphatic heterocycles. The quantitative estimate of drug-likeness (QED) is 0.770. The number of nitrogens with one attached hydrogen (secondary N) is 1. The zero-order chi connectivity index (χ0) is 12.7. The second-order valence-corrected chi connectivity index (χ2v) is 4.03. The predicted molar refractivity (Wildman–Crippen MR) is 68.7 cm³/mol. The first-order valence-electron chi connectivity index (χ1n) is 6.08. The van der Waals surface area contributed by atoms with Gasteiger partial charge in [0.1, 0.15) is 0 Å². The molecule has 1 aromatic carbocycles. The molecule has 0 radical (unpaired) electrons. The first-order chi connectivity index (χ1) is 8.18. The Morgan fingerprint density at radius 2 is 1.94 bits per heavy atom. The molecule has 1 N–H and O–H groups in total. The van der Waals surface area contributed by atoms with E-state index in [2.05, 4.69) is 12.2 Å². The summed E-state index contributed by atoms with van der Waals surface area (Å²) in [6.07, 6.45) is 1.20. The maximum absolute atomic E-state index is 11.7. The van der Waals surface area contributed by atoms with Crippen LogP contribution in [-0.4, -0.2) is 19.6 Å². The first kappa shape index (κ1) is 13.7. The standard InChI is InChI=1S/C14H21NO2/c1-4-14(15-3,11-13(16)17-5-2)12-9-7-6-8-10-12/h6-10,15H,4-5,11H2,1-3H3. The number of ether oxygens (including phenoxy) is 1. The van der Waals surface area contributed by atoms with Crippen molar-refractivity contribution in [2.75, 3.05) is 13.7 Å². The lowest BCUT2D eigenvalue weighted by molar-refractivity contribution is -0.145. The van der Waals surface area contributed by atoms with Crippen LogP contribution in [0, 0.1) is 0 Å². The zero-order valence-corrected chi connectivity index (χ0v) is 10.8. The van der Waals surface area contributed by atoms with Gasteiger partial charge in [0.25, 0.3) is 0 Å². The van der Waals surface area contributed by atoms with E-state index in [0.29, 0.717) is 13.0 Å². The maximum Gasteiger partial charge on any atom is 0.308 e. The smallest absolute Gasteiger partial charge is 0.308 e. The Morgan fingerprint density at radius 1 is 1.29 bits per heavy atom. The Hall–Kier alpha value is -1.35. The van der Waals surface area contributed by atoms with E-state index >= 15 is 0 Å². The summed E-state index contributed by atoms with van der Waals surface area (Å²) in [4.78, 5) is 11.7. The molecule has 0 aliphatic carbocycles. The highest BCUT2D eigenvalue weighted by Crippen LogP contribution is 2.28. The van der Waals surface area contributed by atoms with Crippen molar-refractivity contribution < 1.29 is 9.53 Å². The van der Waals surface area contributed by atoms with Gasteiger partial charge in [-0.15, -0.1) is 0 Å². The predicted octanol–water partition coefficient (Wildman–Crippen LogP) is 2.46. The summed E-state index contributed by atoms with van der Waals surface area (Å²) < 4.78 is 5.04. The minimum absolute atomic E-state index is 0.160. The molecule has 0 saturated heterocycles. The Kier molecular flexibility index (Phi) is 5.16. The maximum atomic E-state index is 11.7. The van der Waals surface area contributed by atoms with Crippen molar-refractivity contribution in [3.63, 3.8) is 0 Å². The van der Waals surface area contributed by atoms with Gasteiger partial charge in [-0.1, -0.05) is 37.3 Å². The molecule has 3 heteroatoms. The van der Waals surface area contributed by atoms with E-state index in [4.69, 9.17) is 4.74 Å². The lowest BCUT2D eigenvalue weighted by Crippen LogP contribution is -2.41. The molecule has 0 aromatic heterocycles.